The van der Waals surface area contributed by atoms with E-state index in [0.717, 1.165) is 12.8 Å². The lowest BCUT2D eigenvalue weighted by molar-refractivity contribution is 0.0527. The van der Waals surface area contributed by atoms with Crippen LogP contribution in [0.5, 0.6) is 5.75 Å². The smallest absolute Gasteiger partial charge is 0.343 e. The van der Waals surface area contributed by atoms with E-state index in [0.29, 0.717) is 12.4 Å². The number of hydrogen-bond donors (Lipinski definition) is 2. The Bertz CT molecular complexity index is 799. The molecule has 8 nitrogen and oxygen atoms in total. The molecule has 0 spiro atoms. The van der Waals surface area contributed by atoms with Gasteiger partial charge in [-0.2, -0.15) is 5.10 Å². The van der Waals surface area contributed by atoms with Gasteiger partial charge in [-0.15, -0.1) is 0 Å². The maximum atomic E-state index is 12.5. The molecule has 0 atom stereocenters. The number of anilines is 1. The van der Waals surface area contributed by atoms with E-state index in [-0.39, 0.29) is 22.9 Å². The standard InChI is InChI=1S/C16H21N3O5S/c1-3-5-10-24-12-6-8-13(9-7-12)25(21,22)19-15-14(11-17-18-15)16(20)23-4-2/h6-9,11H,3-5,10H2,1-2H3,(H2,17,18,19). The highest BCUT2D eigenvalue weighted by Gasteiger charge is 2.21. The molecule has 2 N–H and O–H groups in total. The Labute approximate surface area is 146 Å². The minimum Gasteiger partial charge on any atom is -0.494 e. The Kier molecular flexibility index (Phi) is 6.40. The number of rotatable bonds is 9. The highest BCUT2D eigenvalue weighted by Crippen LogP contribution is 2.21. The van der Waals surface area contributed by atoms with Crippen molar-refractivity contribution in [3.8, 4) is 5.75 Å². The summed E-state index contributed by atoms with van der Waals surface area (Å²) in [5.74, 6) is -0.100. The van der Waals surface area contributed by atoms with E-state index >= 15 is 0 Å². The minimum absolute atomic E-state index is 0.0185. The first kappa shape index (κ1) is 18.8. The molecule has 1 aromatic carbocycles. The number of hydrogen-bond acceptors (Lipinski definition) is 6. The molecule has 0 saturated carbocycles. The first-order valence-electron chi connectivity index (χ1n) is 7.94. The van der Waals surface area contributed by atoms with E-state index in [4.69, 9.17) is 9.47 Å². The van der Waals surface area contributed by atoms with E-state index < -0.39 is 16.0 Å². The van der Waals surface area contributed by atoms with Crippen LogP contribution >= 0.6 is 0 Å². The fourth-order valence-corrected chi connectivity index (χ4v) is 3.01. The van der Waals surface area contributed by atoms with Crippen LogP contribution in [0.15, 0.2) is 35.4 Å². The van der Waals surface area contributed by atoms with Gasteiger partial charge in [0.15, 0.2) is 0 Å². The molecule has 2 rings (SSSR count). The average Bonchev–Trinajstić information content (AvgIpc) is 3.03. The summed E-state index contributed by atoms with van der Waals surface area (Å²) in [6.45, 7) is 4.48. The van der Waals surface area contributed by atoms with Gasteiger partial charge in [0.05, 0.1) is 24.3 Å². The fraction of sp³-hybridized carbons (Fsp3) is 0.375. The topological polar surface area (TPSA) is 110 Å². The molecule has 0 radical (unpaired) electrons. The van der Waals surface area contributed by atoms with E-state index in [1.807, 2.05) is 0 Å². The van der Waals surface area contributed by atoms with Gasteiger partial charge in [-0.1, -0.05) is 13.3 Å². The van der Waals surface area contributed by atoms with E-state index in [9.17, 15) is 13.2 Å². The molecule has 0 saturated heterocycles. The Balaban J connectivity index is 2.12. The number of aromatic amines is 1. The molecule has 0 amide bonds. The van der Waals surface area contributed by atoms with Gasteiger partial charge in [-0.3, -0.25) is 9.82 Å². The average molecular weight is 367 g/mol. The molecule has 1 aromatic heterocycles. The number of nitrogens with one attached hydrogen (secondary N) is 2. The van der Waals surface area contributed by atoms with Crippen molar-refractivity contribution in [3.63, 3.8) is 0 Å². The molecule has 0 aliphatic heterocycles. The summed E-state index contributed by atoms with van der Waals surface area (Å²) >= 11 is 0. The van der Waals surface area contributed by atoms with E-state index in [1.54, 1.807) is 19.1 Å². The number of carbonyl (C=O) groups is 1. The van der Waals surface area contributed by atoms with Crippen molar-refractivity contribution < 1.29 is 22.7 Å². The molecule has 25 heavy (non-hydrogen) atoms. The van der Waals surface area contributed by atoms with Crippen molar-refractivity contribution in [1.29, 1.82) is 0 Å². The zero-order valence-corrected chi connectivity index (χ0v) is 14.9. The Morgan fingerprint density at radius 3 is 2.60 bits per heavy atom. The van der Waals surface area contributed by atoms with Crippen LogP contribution < -0.4 is 9.46 Å². The SMILES string of the molecule is CCCCOc1ccc(S(=O)(=O)Nc2[nH]ncc2C(=O)OCC)cc1. The summed E-state index contributed by atoms with van der Waals surface area (Å²) in [5, 5.41) is 6.14. The third kappa shape index (κ3) is 4.96. The van der Waals surface area contributed by atoms with Crippen LogP contribution in [0.1, 0.15) is 37.0 Å². The number of ether oxygens (including phenoxy) is 2. The van der Waals surface area contributed by atoms with Crippen molar-refractivity contribution in [2.45, 2.75) is 31.6 Å². The molecule has 9 heteroatoms. The summed E-state index contributed by atoms with van der Waals surface area (Å²) in [7, 11) is -3.88. The van der Waals surface area contributed by atoms with Crippen molar-refractivity contribution in [2.75, 3.05) is 17.9 Å². The van der Waals surface area contributed by atoms with Crippen LogP contribution in [-0.2, 0) is 14.8 Å². The van der Waals surface area contributed by atoms with Gasteiger partial charge >= 0.3 is 5.97 Å². The second kappa shape index (κ2) is 8.52. The quantitative estimate of drug-likeness (QED) is 0.520. The Hall–Kier alpha value is -2.55. The number of H-pyrrole nitrogens is 1. The Morgan fingerprint density at radius 2 is 1.96 bits per heavy atom. The summed E-state index contributed by atoms with van der Waals surface area (Å²) in [5.41, 5.74) is 0.0185. The van der Waals surface area contributed by atoms with Crippen LogP contribution in [0.4, 0.5) is 5.82 Å². The molecule has 0 aliphatic carbocycles. The molecule has 0 bridgehead atoms. The Morgan fingerprint density at radius 1 is 1.24 bits per heavy atom. The molecule has 136 valence electrons. The zero-order valence-electron chi connectivity index (χ0n) is 14.1. The third-order valence-corrected chi connectivity index (χ3v) is 4.64. The number of aromatic nitrogens is 2. The molecule has 1 heterocycles. The van der Waals surface area contributed by atoms with Crippen LogP contribution in [0, 0.1) is 0 Å². The van der Waals surface area contributed by atoms with Crippen molar-refractivity contribution >= 4 is 21.8 Å². The maximum absolute atomic E-state index is 12.5. The largest absolute Gasteiger partial charge is 0.494 e. The van der Waals surface area contributed by atoms with Gasteiger partial charge in [0.25, 0.3) is 10.0 Å². The second-order valence-corrected chi connectivity index (χ2v) is 6.84. The molecular formula is C16H21N3O5S. The van der Waals surface area contributed by atoms with Crippen molar-refractivity contribution in [2.24, 2.45) is 0 Å². The number of unbranched alkanes of at least 4 members (excludes halogenated alkanes) is 1. The summed E-state index contributed by atoms with van der Waals surface area (Å²) < 4.78 is 37.6. The van der Waals surface area contributed by atoms with Gasteiger partial charge in [-0.25, -0.2) is 13.2 Å². The maximum Gasteiger partial charge on any atom is 0.343 e. The molecule has 0 aliphatic rings. The molecule has 2 aromatic rings. The summed E-state index contributed by atoms with van der Waals surface area (Å²) in [6, 6.07) is 6.04. The summed E-state index contributed by atoms with van der Waals surface area (Å²) in [4.78, 5) is 11.8. The predicted octanol–water partition coefficient (Wildman–Crippen LogP) is 2.57. The highest BCUT2D eigenvalue weighted by atomic mass is 32.2. The second-order valence-electron chi connectivity index (χ2n) is 5.16. The van der Waals surface area contributed by atoms with Crippen LogP contribution in [-0.4, -0.2) is 37.8 Å². The van der Waals surface area contributed by atoms with E-state index in [2.05, 4.69) is 21.8 Å². The number of esters is 1. The first-order chi connectivity index (χ1) is 12.0. The van der Waals surface area contributed by atoms with Gasteiger partial charge in [-0.05, 0) is 37.6 Å². The lowest BCUT2D eigenvalue weighted by Crippen LogP contribution is -2.16. The van der Waals surface area contributed by atoms with E-state index in [1.165, 1.54) is 18.3 Å². The van der Waals surface area contributed by atoms with Crippen LogP contribution in [0.25, 0.3) is 0 Å². The lowest BCUT2D eigenvalue weighted by Gasteiger charge is -2.09. The third-order valence-electron chi connectivity index (χ3n) is 3.27. The van der Waals surface area contributed by atoms with Crippen LogP contribution in [0.3, 0.4) is 0 Å². The molecule has 0 fully saturated rings. The highest BCUT2D eigenvalue weighted by molar-refractivity contribution is 7.92. The number of sulfonamides is 1. The first-order valence-corrected chi connectivity index (χ1v) is 9.42. The fourth-order valence-electron chi connectivity index (χ4n) is 1.97. The predicted molar refractivity (Wildman–Crippen MR) is 92.2 cm³/mol. The number of nitrogens with zero attached hydrogens (tertiary/aromatic N) is 1. The van der Waals surface area contributed by atoms with Gasteiger partial charge in [0.1, 0.15) is 17.1 Å². The number of benzene rings is 1. The minimum atomic E-state index is -3.88. The van der Waals surface area contributed by atoms with Gasteiger partial charge in [0.2, 0.25) is 0 Å². The monoisotopic (exact) mass is 367 g/mol. The van der Waals surface area contributed by atoms with Gasteiger partial charge in [0, 0.05) is 0 Å². The van der Waals surface area contributed by atoms with Crippen molar-refractivity contribution in [3.05, 3.63) is 36.0 Å². The van der Waals surface area contributed by atoms with Crippen molar-refractivity contribution in [1.82, 2.24) is 10.2 Å². The molecule has 0 unspecified atom stereocenters. The molecular weight excluding hydrogens is 346 g/mol. The summed E-state index contributed by atoms with van der Waals surface area (Å²) in [6.07, 6.45) is 3.15. The normalized spacial score (nSPS) is 11.1. The lowest BCUT2D eigenvalue weighted by atomic mass is 10.3. The number of carbonyl (C=O) groups excluding carboxylic acids is 1. The zero-order chi connectivity index (χ0) is 18.3. The van der Waals surface area contributed by atoms with Gasteiger partial charge < -0.3 is 9.47 Å². The van der Waals surface area contributed by atoms with Crippen LogP contribution in [0.2, 0.25) is 0 Å².